The lowest BCUT2D eigenvalue weighted by atomic mass is 9.77. The van der Waals surface area contributed by atoms with E-state index in [0.29, 0.717) is 23.8 Å². The maximum Gasteiger partial charge on any atom is 0.269 e. The van der Waals surface area contributed by atoms with Gasteiger partial charge in [-0.25, -0.2) is 9.97 Å². The van der Waals surface area contributed by atoms with Gasteiger partial charge in [-0.1, -0.05) is 25.0 Å². The number of benzene rings is 2. The summed E-state index contributed by atoms with van der Waals surface area (Å²) in [4.78, 5) is 22.4. The zero-order valence-electron chi connectivity index (χ0n) is 21.4. The highest BCUT2D eigenvalue weighted by molar-refractivity contribution is 5.62. The molecule has 1 aliphatic heterocycles. The third-order valence-electron chi connectivity index (χ3n) is 7.83. The van der Waals surface area contributed by atoms with E-state index in [1.165, 1.54) is 32.1 Å². The molecule has 1 saturated heterocycles. The molecule has 2 fully saturated rings. The van der Waals surface area contributed by atoms with Crippen molar-refractivity contribution in [3.8, 4) is 17.0 Å². The fraction of sp³-hybridized carbons (Fsp3) is 0.448. The minimum atomic E-state index is -0.338. The van der Waals surface area contributed by atoms with Crippen LogP contribution in [0.25, 0.3) is 11.3 Å². The summed E-state index contributed by atoms with van der Waals surface area (Å²) in [5, 5.41) is 14.7. The Balaban J connectivity index is 1.24. The standard InChI is InChI=1S/C29H35N5O3/c1-37-26-9-4-8-23(19-26)28-15-16-30-29(32-28)31-27-10-3-2-7-22(27)18-21-6-5-17-33(20-21)24-11-13-25(14-12-24)34(35)36/h4,8-9,11-16,19,21-22,27H,2-3,5-7,10,17-18,20H2,1H3,(H,30,31,32)/t21-,22+,27-/m1/s1. The van der Waals surface area contributed by atoms with Crippen molar-refractivity contribution in [1.82, 2.24) is 9.97 Å². The lowest BCUT2D eigenvalue weighted by Gasteiger charge is -2.39. The molecular weight excluding hydrogens is 466 g/mol. The largest absolute Gasteiger partial charge is 0.497 e. The molecule has 3 aromatic rings. The number of non-ortho nitro benzene ring substituents is 1. The molecule has 0 unspecified atom stereocenters. The predicted molar refractivity (Wildman–Crippen MR) is 146 cm³/mol. The Hall–Kier alpha value is -3.68. The summed E-state index contributed by atoms with van der Waals surface area (Å²) in [6.07, 6.45) is 10.2. The molecule has 8 nitrogen and oxygen atoms in total. The summed E-state index contributed by atoms with van der Waals surface area (Å²) in [6, 6.07) is 17.2. The summed E-state index contributed by atoms with van der Waals surface area (Å²) >= 11 is 0. The quantitative estimate of drug-likeness (QED) is 0.284. The van der Waals surface area contributed by atoms with Gasteiger partial charge in [-0.15, -0.1) is 0 Å². The number of methoxy groups -OCH3 is 1. The topological polar surface area (TPSA) is 93.4 Å². The van der Waals surface area contributed by atoms with Crippen LogP contribution in [0.4, 0.5) is 17.3 Å². The summed E-state index contributed by atoms with van der Waals surface area (Å²) < 4.78 is 5.38. The van der Waals surface area contributed by atoms with Crippen molar-refractivity contribution in [1.29, 1.82) is 0 Å². The van der Waals surface area contributed by atoms with Gasteiger partial charge in [0.1, 0.15) is 5.75 Å². The van der Waals surface area contributed by atoms with Gasteiger partial charge in [0.25, 0.3) is 5.69 Å². The van der Waals surface area contributed by atoms with Gasteiger partial charge in [-0.3, -0.25) is 10.1 Å². The Morgan fingerprint density at radius 2 is 1.92 bits per heavy atom. The number of aromatic nitrogens is 2. The van der Waals surface area contributed by atoms with E-state index in [1.807, 2.05) is 48.7 Å². The molecule has 1 aromatic heterocycles. The van der Waals surface area contributed by atoms with Crippen molar-refractivity contribution in [3.63, 3.8) is 0 Å². The van der Waals surface area contributed by atoms with Gasteiger partial charge in [0.2, 0.25) is 5.95 Å². The number of nitrogens with zero attached hydrogens (tertiary/aromatic N) is 4. The zero-order chi connectivity index (χ0) is 25.6. The second kappa shape index (κ2) is 11.6. The fourth-order valence-corrected chi connectivity index (χ4v) is 5.92. The van der Waals surface area contributed by atoms with Gasteiger partial charge < -0.3 is 15.0 Å². The van der Waals surface area contributed by atoms with Gasteiger partial charge in [0.15, 0.2) is 0 Å². The Bertz CT molecular complexity index is 1200. The molecule has 0 bridgehead atoms. The molecule has 1 aliphatic carbocycles. The smallest absolute Gasteiger partial charge is 0.269 e. The van der Waals surface area contributed by atoms with E-state index in [9.17, 15) is 10.1 Å². The van der Waals surface area contributed by atoms with Gasteiger partial charge in [0.05, 0.1) is 17.7 Å². The highest BCUT2D eigenvalue weighted by Gasteiger charge is 2.30. The van der Waals surface area contributed by atoms with Crippen LogP contribution >= 0.6 is 0 Å². The summed E-state index contributed by atoms with van der Waals surface area (Å²) in [5.41, 5.74) is 3.12. The first kappa shape index (κ1) is 25.0. The summed E-state index contributed by atoms with van der Waals surface area (Å²) in [6.45, 7) is 2.01. The molecule has 0 radical (unpaired) electrons. The summed E-state index contributed by atoms with van der Waals surface area (Å²) in [5.74, 6) is 2.70. The first-order chi connectivity index (χ1) is 18.1. The average molecular weight is 502 g/mol. The van der Waals surface area contributed by atoms with Crippen molar-refractivity contribution in [3.05, 3.63) is 70.9 Å². The van der Waals surface area contributed by atoms with E-state index >= 15 is 0 Å². The van der Waals surface area contributed by atoms with E-state index in [4.69, 9.17) is 9.72 Å². The predicted octanol–water partition coefficient (Wildman–Crippen LogP) is 6.34. The monoisotopic (exact) mass is 501 g/mol. The number of anilines is 2. The minimum Gasteiger partial charge on any atom is -0.497 e. The molecule has 194 valence electrons. The van der Waals surface area contributed by atoms with Gasteiger partial charge in [-0.05, 0) is 74.3 Å². The second-order valence-electron chi connectivity index (χ2n) is 10.3. The van der Waals surface area contributed by atoms with Crippen LogP contribution in [-0.4, -0.2) is 41.1 Å². The van der Waals surface area contributed by atoms with Crippen LogP contribution in [0.15, 0.2) is 60.8 Å². The highest BCUT2D eigenvalue weighted by Crippen LogP contribution is 2.35. The van der Waals surface area contributed by atoms with Crippen molar-refractivity contribution in [2.24, 2.45) is 11.8 Å². The SMILES string of the molecule is COc1cccc(-c2ccnc(N[C@@H]3CCCC[C@H]3C[C@H]3CCCN(c4ccc([N+](=O)[O-])cc4)C3)n2)c1. The normalized spacial score (nSPS) is 21.9. The maximum atomic E-state index is 11.0. The Morgan fingerprint density at radius 1 is 1.08 bits per heavy atom. The number of hydrogen-bond donors (Lipinski definition) is 1. The van der Waals surface area contributed by atoms with E-state index in [2.05, 4.69) is 15.2 Å². The molecule has 2 heterocycles. The fourth-order valence-electron chi connectivity index (χ4n) is 5.92. The van der Waals surface area contributed by atoms with Crippen molar-refractivity contribution >= 4 is 17.3 Å². The average Bonchev–Trinajstić information content (AvgIpc) is 2.94. The molecule has 2 aliphatic rings. The van der Waals surface area contributed by atoms with Gasteiger partial charge in [0, 0.05) is 48.7 Å². The van der Waals surface area contributed by atoms with Gasteiger partial charge >= 0.3 is 0 Å². The number of ether oxygens (including phenoxy) is 1. The number of nitrogens with one attached hydrogen (secondary N) is 1. The zero-order valence-corrected chi connectivity index (χ0v) is 21.4. The first-order valence-corrected chi connectivity index (χ1v) is 13.3. The van der Waals surface area contributed by atoms with E-state index < -0.39 is 0 Å². The minimum absolute atomic E-state index is 0.145. The molecule has 37 heavy (non-hydrogen) atoms. The maximum absolute atomic E-state index is 11.0. The van der Waals surface area contributed by atoms with Crippen LogP contribution in [0.2, 0.25) is 0 Å². The molecule has 1 N–H and O–H groups in total. The molecule has 2 aromatic carbocycles. The van der Waals surface area contributed by atoms with Crippen LogP contribution in [0.3, 0.4) is 0 Å². The van der Waals surface area contributed by atoms with Crippen molar-refractivity contribution in [2.45, 2.75) is 51.0 Å². The lowest BCUT2D eigenvalue weighted by Crippen LogP contribution is -2.39. The van der Waals surface area contributed by atoms with E-state index in [-0.39, 0.29) is 10.6 Å². The molecule has 0 amide bonds. The Labute approximate surface area is 218 Å². The number of nitro groups is 1. The lowest BCUT2D eigenvalue weighted by molar-refractivity contribution is -0.384. The highest BCUT2D eigenvalue weighted by atomic mass is 16.6. The van der Waals surface area contributed by atoms with Crippen molar-refractivity contribution in [2.75, 3.05) is 30.4 Å². The van der Waals surface area contributed by atoms with Crippen LogP contribution in [0, 0.1) is 22.0 Å². The Kier molecular flexibility index (Phi) is 7.82. The second-order valence-corrected chi connectivity index (χ2v) is 10.3. The molecule has 1 saturated carbocycles. The third-order valence-corrected chi connectivity index (χ3v) is 7.83. The van der Waals surface area contributed by atoms with Crippen LogP contribution in [-0.2, 0) is 0 Å². The van der Waals surface area contributed by atoms with E-state index in [0.717, 1.165) is 48.6 Å². The number of nitro benzene ring substituents is 1. The van der Waals surface area contributed by atoms with Crippen LogP contribution in [0.1, 0.15) is 44.9 Å². The van der Waals surface area contributed by atoms with Crippen LogP contribution < -0.4 is 15.0 Å². The summed E-state index contributed by atoms with van der Waals surface area (Å²) in [7, 11) is 1.67. The van der Waals surface area contributed by atoms with Gasteiger partial charge in [-0.2, -0.15) is 0 Å². The molecule has 0 spiro atoms. The molecular formula is C29H35N5O3. The molecule has 5 rings (SSSR count). The number of rotatable bonds is 8. The molecule has 8 heteroatoms. The Morgan fingerprint density at radius 3 is 2.73 bits per heavy atom. The third kappa shape index (κ3) is 6.18. The molecule has 3 atom stereocenters. The van der Waals surface area contributed by atoms with Crippen LogP contribution in [0.5, 0.6) is 5.75 Å². The number of piperidine rings is 1. The van der Waals surface area contributed by atoms with Crippen molar-refractivity contribution < 1.29 is 9.66 Å². The number of hydrogen-bond acceptors (Lipinski definition) is 7. The first-order valence-electron chi connectivity index (χ1n) is 13.3. The van der Waals surface area contributed by atoms with E-state index in [1.54, 1.807) is 19.2 Å².